The molecular weight excluding hydrogens is 226 g/mol. The quantitative estimate of drug-likeness (QED) is 0.887. The number of hydrogen-bond acceptors (Lipinski definition) is 3. The first-order valence-electron chi connectivity index (χ1n) is 4.87. The fraction of sp³-hybridized carbons (Fsp3) is 0.0833. The summed E-state index contributed by atoms with van der Waals surface area (Å²) >= 11 is 0. The standard InChI is InChI=1S/C12H8F2N2O/c13-10-2-1-3-11(12(10)14)16-7-9-5-4-8(6-15)17-9/h1-5,16H,7H2. The van der Waals surface area contributed by atoms with E-state index in [4.69, 9.17) is 9.68 Å². The van der Waals surface area contributed by atoms with E-state index in [9.17, 15) is 8.78 Å². The van der Waals surface area contributed by atoms with Crippen LogP contribution in [0.5, 0.6) is 0 Å². The minimum absolute atomic E-state index is 0.0555. The van der Waals surface area contributed by atoms with Gasteiger partial charge in [0.1, 0.15) is 11.8 Å². The first kappa shape index (κ1) is 11.1. The molecule has 1 heterocycles. The average molecular weight is 234 g/mol. The molecule has 86 valence electrons. The van der Waals surface area contributed by atoms with E-state index in [-0.39, 0.29) is 18.0 Å². The van der Waals surface area contributed by atoms with Gasteiger partial charge in [0.25, 0.3) is 0 Å². The highest BCUT2D eigenvalue weighted by Gasteiger charge is 2.08. The number of nitrogens with zero attached hydrogens (tertiary/aromatic N) is 1. The molecule has 1 aromatic heterocycles. The lowest BCUT2D eigenvalue weighted by Crippen LogP contribution is -2.01. The average Bonchev–Trinajstić information content (AvgIpc) is 2.79. The molecule has 0 saturated carbocycles. The molecular formula is C12H8F2N2O. The minimum atomic E-state index is -0.931. The van der Waals surface area contributed by atoms with Crippen LogP contribution in [0.3, 0.4) is 0 Å². The third-order valence-corrected chi connectivity index (χ3v) is 2.18. The van der Waals surface area contributed by atoms with Gasteiger partial charge in [0.05, 0.1) is 12.2 Å². The second-order valence-electron chi connectivity index (χ2n) is 3.33. The van der Waals surface area contributed by atoms with E-state index in [0.29, 0.717) is 5.76 Å². The Hall–Kier alpha value is -2.35. The van der Waals surface area contributed by atoms with Crippen molar-refractivity contribution >= 4 is 5.69 Å². The van der Waals surface area contributed by atoms with Crippen LogP contribution in [-0.4, -0.2) is 0 Å². The number of nitrogens with one attached hydrogen (secondary N) is 1. The van der Waals surface area contributed by atoms with Crippen molar-refractivity contribution < 1.29 is 13.2 Å². The van der Waals surface area contributed by atoms with Crippen LogP contribution in [-0.2, 0) is 6.54 Å². The number of rotatable bonds is 3. The Balaban J connectivity index is 2.07. The van der Waals surface area contributed by atoms with Gasteiger partial charge in [-0.05, 0) is 24.3 Å². The molecule has 17 heavy (non-hydrogen) atoms. The summed E-state index contributed by atoms with van der Waals surface area (Å²) in [7, 11) is 0. The molecule has 0 aliphatic carbocycles. The molecule has 0 bridgehead atoms. The second kappa shape index (κ2) is 4.66. The van der Waals surface area contributed by atoms with Crippen molar-refractivity contribution in [3.05, 3.63) is 53.5 Å². The number of halogens is 2. The van der Waals surface area contributed by atoms with Crippen LogP contribution in [0.25, 0.3) is 0 Å². The van der Waals surface area contributed by atoms with E-state index in [1.807, 2.05) is 6.07 Å². The molecule has 0 aliphatic rings. The van der Waals surface area contributed by atoms with Crippen LogP contribution < -0.4 is 5.32 Å². The summed E-state index contributed by atoms with van der Waals surface area (Å²) in [4.78, 5) is 0. The summed E-state index contributed by atoms with van der Waals surface area (Å²) < 4.78 is 31.2. The number of anilines is 1. The van der Waals surface area contributed by atoms with Crippen LogP contribution in [0.15, 0.2) is 34.7 Å². The summed E-state index contributed by atoms with van der Waals surface area (Å²) in [5, 5.41) is 11.2. The highest BCUT2D eigenvalue weighted by atomic mass is 19.2. The van der Waals surface area contributed by atoms with Gasteiger partial charge in [-0.15, -0.1) is 0 Å². The molecule has 0 spiro atoms. The highest BCUT2D eigenvalue weighted by molar-refractivity contribution is 5.45. The van der Waals surface area contributed by atoms with Crippen molar-refractivity contribution in [2.24, 2.45) is 0 Å². The molecule has 2 aromatic rings. The van der Waals surface area contributed by atoms with Gasteiger partial charge in [-0.25, -0.2) is 8.78 Å². The number of hydrogen-bond donors (Lipinski definition) is 1. The molecule has 0 atom stereocenters. The van der Waals surface area contributed by atoms with Crippen molar-refractivity contribution in [3.8, 4) is 6.07 Å². The lowest BCUT2D eigenvalue weighted by Gasteiger charge is -2.05. The molecule has 1 aromatic carbocycles. The Kier molecular flexibility index (Phi) is 3.06. The fourth-order valence-electron chi connectivity index (χ4n) is 1.36. The zero-order chi connectivity index (χ0) is 12.3. The van der Waals surface area contributed by atoms with E-state index in [1.165, 1.54) is 18.2 Å². The van der Waals surface area contributed by atoms with Gasteiger partial charge < -0.3 is 9.73 Å². The Morgan fingerprint density at radius 2 is 2.06 bits per heavy atom. The zero-order valence-electron chi connectivity index (χ0n) is 8.71. The van der Waals surface area contributed by atoms with E-state index < -0.39 is 11.6 Å². The number of furan rings is 1. The topological polar surface area (TPSA) is 49.0 Å². The van der Waals surface area contributed by atoms with Crippen molar-refractivity contribution in [3.63, 3.8) is 0 Å². The Bertz CT molecular complexity index is 572. The first-order valence-corrected chi connectivity index (χ1v) is 4.87. The van der Waals surface area contributed by atoms with Gasteiger partial charge in [0.15, 0.2) is 11.6 Å². The summed E-state index contributed by atoms with van der Waals surface area (Å²) in [6.45, 7) is 0.183. The van der Waals surface area contributed by atoms with E-state index >= 15 is 0 Å². The monoisotopic (exact) mass is 234 g/mol. The maximum atomic E-state index is 13.3. The summed E-state index contributed by atoms with van der Waals surface area (Å²) in [6, 6.07) is 8.82. The molecule has 3 nitrogen and oxygen atoms in total. The van der Waals surface area contributed by atoms with Gasteiger partial charge in [-0.2, -0.15) is 5.26 Å². The largest absolute Gasteiger partial charge is 0.449 e. The smallest absolute Gasteiger partial charge is 0.203 e. The minimum Gasteiger partial charge on any atom is -0.449 e. The number of benzene rings is 1. The van der Waals surface area contributed by atoms with Crippen molar-refractivity contribution in [1.82, 2.24) is 0 Å². The van der Waals surface area contributed by atoms with Crippen molar-refractivity contribution in [1.29, 1.82) is 5.26 Å². The maximum Gasteiger partial charge on any atom is 0.203 e. The predicted molar refractivity (Wildman–Crippen MR) is 57.1 cm³/mol. The van der Waals surface area contributed by atoms with Crippen molar-refractivity contribution in [2.45, 2.75) is 6.54 Å². The van der Waals surface area contributed by atoms with Crippen LogP contribution >= 0.6 is 0 Å². The van der Waals surface area contributed by atoms with Gasteiger partial charge in [0, 0.05) is 0 Å². The highest BCUT2D eigenvalue weighted by Crippen LogP contribution is 2.17. The normalized spacial score (nSPS) is 9.94. The fourth-order valence-corrected chi connectivity index (χ4v) is 1.36. The lowest BCUT2D eigenvalue weighted by molar-refractivity contribution is 0.499. The summed E-state index contributed by atoms with van der Waals surface area (Å²) in [6.07, 6.45) is 0. The van der Waals surface area contributed by atoms with E-state index in [1.54, 1.807) is 6.07 Å². The van der Waals surface area contributed by atoms with Crippen LogP contribution in [0.1, 0.15) is 11.5 Å². The molecule has 0 radical (unpaired) electrons. The second-order valence-corrected chi connectivity index (χ2v) is 3.33. The molecule has 2 rings (SSSR count). The van der Waals surface area contributed by atoms with Gasteiger partial charge in [-0.1, -0.05) is 6.07 Å². The maximum absolute atomic E-state index is 13.3. The molecule has 5 heteroatoms. The van der Waals surface area contributed by atoms with Crippen LogP contribution in [0, 0.1) is 23.0 Å². The Labute approximate surface area is 96.3 Å². The summed E-state index contributed by atoms with van der Waals surface area (Å²) in [5.41, 5.74) is 0.0555. The third-order valence-electron chi connectivity index (χ3n) is 2.18. The molecule has 0 aliphatic heterocycles. The number of nitriles is 1. The van der Waals surface area contributed by atoms with E-state index in [0.717, 1.165) is 6.07 Å². The molecule has 0 unspecified atom stereocenters. The van der Waals surface area contributed by atoms with Crippen LogP contribution in [0.4, 0.5) is 14.5 Å². The zero-order valence-corrected chi connectivity index (χ0v) is 8.71. The molecule has 0 saturated heterocycles. The molecule has 1 N–H and O–H groups in total. The Morgan fingerprint density at radius 1 is 1.24 bits per heavy atom. The summed E-state index contributed by atoms with van der Waals surface area (Å²) in [5.74, 6) is -1.18. The SMILES string of the molecule is N#Cc1ccc(CNc2cccc(F)c2F)o1. The first-order chi connectivity index (χ1) is 8.20. The third kappa shape index (κ3) is 2.42. The lowest BCUT2D eigenvalue weighted by atomic mass is 10.3. The van der Waals surface area contributed by atoms with E-state index in [2.05, 4.69) is 5.32 Å². The van der Waals surface area contributed by atoms with Crippen molar-refractivity contribution in [2.75, 3.05) is 5.32 Å². The van der Waals surface area contributed by atoms with Gasteiger partial charge in [-0.3, -0.25) is 0 Å². The van der Waals surface area contributed by atoms with Gasteiger partial charge >= 0.3 is 0 Å². The Morgan fingerprint density at radius 3 is 2.76 bits per heavy atom. The van der Waals surface area contributed by atoms with Gasteiger partial charge in [0.2, 0.25) is 5.76 Å². The predicted octanol–water partition coefficient (Wildman–Crippen LogP) is 3.04. The van der Waals surface area contributed by atoms with Crippen LogP contribution in [0.2, 0.25) is 0 Å². The molecule has 0 fully saturated rings. The molecule has 0 amide bonds.